The van der Waals surface area contributed by atoms with E-state index in [1.54, 1.807) is 0 Å². The van der Waals surface area contributed by atoms with Gasteiger partial charge in [0, 0.05) is 5.92 Å². The molecule has 0 radical (unpaired) electrons. The molecule has 0 spiro atoms. The number of rotatable bonds is 3. The number of isocyanates is 1. The maximum absolute atomic E-state index is 12.5. The zero-order valence-electron chi connectivity index (χ0n) is 5.90. The van der Waals surface area contributed by atoms with E-state index in [1.807, 2.05) is 0 Å². The molecule has 0 fully saturated rings. The van der Waals surface area contributed by atoms with Crippen LogP contribution in [0.5, 0.6) is 0 Å². The van der Waals surface area contributed by atoms with Crippen LogP contribution in [0.2, 0.25) is 0 Å². The largest absolute Gasteiger partial charge is 0.270 e. The van der Waals surface area contributed by atoms with Gasteiger partial charge in [-0.2, -0.15) is 4.99 Å². The van der Waals surface area contributed by atoms with Gasteiger partial charge in [0.15, 0.2) is 0 Å². The first-order valence-corrected chi connectivity index (χ1v) is 2.92. The molecule has 0 saturated carbocycles. The van der Waals surface area contributed by atoms with Crippen molar-refractivity contribution in [2.45, 2.75) is 19.8 Å². The van der Waals surface area contributed by atoms with Gasteiger partial charge in [0.25, 0.3) is 5.92 Å². The number of halogens is 2. The van der Waals surface area contributed by atoms with E-state index < -0.39 is 18.4 Å². The predicted molar refractivity (Wildman–Crippen MR) is 32.8 cm³/mol. The average Bonchev–Trinajstić information content (AvgIpc) is 1.84. The monoisotopic (exact) mass is 149 g/mol. The summed E-state index contributed by atoms with van der Waals surface area (Å²) < 4.78 is 24.9. The van der Waals surface area contributed by atoms with Gasteiger partial charge in [0.1, 0.15) is 6.54 Å². The SMILES string of the molecule is CC(C)C(F)(F)CN=C=O. The fourth-order valence-electron chi connectivity index (χ4n) is 0.320. The third kappa shape index (κ3) is 2.69. The molecule has 0 atom stereocenters. The molecule has 0 amide bonds. The standard InChI is InChI=1S/C6H9F2NO/c1-5(2)6(7,8)3-9-4-10/h5H,3H2,1-2H3. The second kappa shape index (κ2) is 3.42. The van der Waals surface area contributed by atoms with E-state index in [2.05, 4.69) is 4.99 Å². The highest BCUT2D eigenvalue weighted by molar-refractivity contribution is 5.33. The summed E-state index contributed by atoms with van der Waals surface area (Å²) in [5.74, 6) is -3.66. The molecule has 0 aromatic rings. The van der Waals surface area contributed by atoms with Gasteiger partial charge in [-0.05, 0) is 0 Å². The van der Waals surface area contributed by atoms with Crippen LogP contribution in [0.1, 0.15) is 13.8 Å². The van der Waals surface area contributed by atoms with Crippen molar-refractivity contribution in [1.29, 1.82) is 0 Å². The fourth-order valence-corrected chi connectivity index (χ4v) is 0.320. The summed E-state index contributed by atoms with van der Waals surface area (Å²) in [6.07, 6.45) is 1.07. The summed E-state index contributed by atoms with van der Waals surface area (Å²) >= 11 is 0. The lowest BCUT2D eigenvalue weighted by atomic mass is 10.1. The molecule has 0 aliphatic rings. The normalized spacial score (nSPS) is 11.3. The summed E-state index contributed by atoms with van der Waals surface area (Å²) in [7, 11) is 0. The number of aliphatic imine (C=N–C) groups is 1. The molecule has 0 aliphatic heterocycles. The Labute approximate surface area is 58.0 Å². The summed E-state index contributed by atoms with van der Waals surface area (Å²) in [5, 5.41) is 0. The zero-order valence-corrected chi connectivity index (χ0v) is 5.90. The Morgan fingerprint density at radius 3 is 2.40 bits per heavy atom. The molecule has 2 nitrogen and oxygen atoms in total. The van der Waals surface area contributed by atoms with Crippen molar-refractivity contribution in [2.75, 3.05) is 6.54 Å². The van der Waals surface area contributed by atoms with Crippen molar-refractivity contribution in [3.05, 3.63) is 0 Å². The Kier molecular flexibility index (Phi) is 3.16. The Balaban J connectivity index is 3.98. The minimum atomic E-state index is -2.88. The molecule has 4 heteroatoms. The molecule has 0 aromatic heterocycles. The number of carbonyl (C=O) groups excluding carboxylic acids is 1. The number of nitrogens with zero attached hydrogens (tertiary/aromatic N) is 1. The second-order valence-electron chi connectivity index (χ2n) is 2.32. The van der Waals surface area contributed by atoms with E-state index in [0.29, 0.717) is 0 Å². The first-order valence-electron chi connectivity index (χ1n) is 2.92. The fraction of sp³-hybridized carbons (Fsp3) is 0.833. The third-order valence-electron chi connectivity index (χ3n) is 1.20. The molecule has 0 unspecified atom stereocenters. The van der Waals surface area contributed by atoms with Gasteiger partial charge in [-0.25, -0.2) is 13.6 Å². The van der Waals surface area contributed by atoms with Crippen molar-refractivity contribution in [3.8, 4) is 0 Å². The molecule has 10 heavy (non-hydrogen) atoms. The van der Waals surface area contributed by atoms with Crippen molar-refractivity contribution < 1.29 is 13.6 Å². The molecular weight excluding hydrogens is 140 g/mol. The number of hydrogen-bond acceptors (Lipinski definition) is 2. The van der Waals surface area contributed by atoms with Crippen LogP contribution in [0.15, 0.2) is 4.99 Å². The quantitative estimate of drug-likeness (QED) is 0.442. The van der Waals surface area contributed by atoms with Gasteiger partial charge in [0.05, 0.1) is 0 Å². The molecule has 0 saturated heterocycles. The minimum absolute atomic E-state index is 0.756. The van der Waals surface area contributed by atoms with Crippen LogP contribution in [0, 0.1) is 5.92 Å². The van der Waals surface area contributed by atoms with Crippen LogP contribution < -0.4 is 0 Å². The van der Waals surface area contributed by atoms with Crippen LogP contribution in [-0.4, -0.2) is 18.5 Å². The number of alkyl halides is 2. The Hall–Kier alpha value is -0.760. The van der Waals surface area contributed by atoms with E-state index >= 15 is 0 Å². The molecule has 0 aromatic carbocycles. The van der Waals surface area contributed by atoms with Crippen LogP contribution in [-0.2, 0) is 4.79 Å². The van der Waals surface area contributed by atoms with Gasteiger partial charge in [-0.15, -0.1) is 0 Å². The predicted octanol–water partition coefficient (Wildman–Crippen LogP) is 1.61. The highest BCUT2D eigenvalue weighted by Crippen LogP contribution is 2.23. The van der Waals surface area contributed by atoms with Gasteiger partial charge in [0.2, 0.25) is 6.08 Å². The van der Waals surface area contributed by atoms with Crippen molar-refractivity contribution >= 4 is 6.08 Å². The first-order chi connectivity index (χ1) is 4.50. The Morgan fingerprint density at radius 2 is 2.10 bits per heavy atom. The lowest BCUT2D eigenvalue weighted by Gasteiger charge is -2.16. The maximum atomic E-state index is 12.5. The van der Waals surface area contributed by atoms with Crippen molar-refractivity contribution in [1.82, 2.24) is 0 Å². The highest BCUT2D eigenvalue weighted by atomic mass is 19.3. The summed E-state index contributed by atoms with van der Waals surface area (Å²) in [5.41, 5.74) is 0. The first kappa shape index (κ1) is 9.24. The minimum Gasteiger partial charge on any atom is -0.211 e. The van der Waals surface area contributed by atoms with E-state index in [9.17, 15) is 13.6 Å². The van der Waals surface area contributed by atoms with Crippen LogP contribution in [0.4, 0.5) is 8.78 Å². The molecule has 0 heterocycles. The van der Waals surface area contributed by atoms with Crippen LogP contribution >= 0.6 is 0 Å². The molecule has 0 rings (SSSR count). The summed E-state index contributed by atoms with van der Waals surface area (Å²) in [4.78, 5) is 12.3. The lowest BCUT2D eigenvalue weighted by Crippen LogP contribution is -2.27. The Morgan fingerprint density at radius 1 is 1.60 bits per heavy atom. The van der Waals surface area contributed by atoms with E-state index in [4.69, 9.17) is 0 Å². The van der Waals surface area contributed by atoms with Gasteiger partial charge in [-0.3, -0.25) is 0 Å². The zero-order chi connectivity index (χ0) is 8.20. The van der Waals surface area contributed by atoms with Crippen molar-refractivity contribution in [3.63, 3.8) is 0 Å². The lowest BCUT2D eigenvalue weighted by molar-refractivity contribution is -0.0344. The maximum Gasteiger partial charge on any atom is 0.270 e. The van der Waals surface area contributed by atoms with Crippen LogP contribution in [0.3, 0.4) is 0 Å². The molecular formula is C6H9F2NO. The van der Waals surface area contributed by atoms with E-state index in [1.165, 1.54) is 13.8 Å². The van der Waals surface area contributed by atoms with E-state index in [0.717, 1.165) is 6.08 Å². The molecule has 0 aliphatic carbocycles. The molecule has 58 valence electrons. The third-order valence-corrected chi connectivity index (χ3v) is 1.20. The summed E-state index contributed by atoms with van der Waals surface area (Å²) in [6, 6.07) is 0. The number of hydrogen-bond donors (Lipinski definition) is 0. The van der Waals surface area contributed by atoms with Crippen LogP contribution in [0.25, 0.3) is 0 Å². The van der Waals surface area contributed by atoms with Gasteiger partial charge < -0.3 is 0 Å². The molecule has 0 N–H and O–H groups in total. The Bertz CT molecular complexity index is 150. The van der Waals surface area contributed by atoms with Crippen molar-refractivity contribution in [2.24, 2.45) is 10.9 Å². The highest BCUT2D eigenvalue weighted by Gasteiger charge is 2.32. The smallest absolute Gasteiger partial charge is 0.211 e. The topological polar surface area (TPSA) is 29.4 Å². The van der Waals surface area contributed by atoms with Gasteiger partial charge >= 0.3 is 0 Å². The second-order valence-corrected chi connectivity index (χ2v) is 2.32. The summed E-state index contributed by atoms with van der Waals surface area (Å²) in [6.45, 7) is 1.99. The van der Waals surface area contributed by atoms with E-state index in [-0.39, 0.29) is 0 Å². The average molecular weight is 149 g/mol. The molecule has 0 bridgehead atoms. The van der Waals surface area contributed by atoms with Gasteiger partial charge in [-0.1, -0.05) is 13.8 Å².